The zero-order valence-corrected chi connectivity index (χ0v) is 38.9. The van der Waals surface area contributed by atoms with Crippen LogP contribution < -0.4 is 0 Å². The van der Waals surface area contributed by atoms with Crippen molar-refractivity contribution < 1.29 is 146 Å². The Labute approximate surface area is 410 Å². The highest BCUT2D eigenvalue weighted by Gasteiger charge is 2.48. The fraction of sp³-hybridized carbons (Fsp3) is 0.756. The van der Waals surface area contributed by atoms with Crippen molar-refractivity contribution >= 4 is 0 Å². The smallest absolute Gasteiger partial charge is 0.218 e. The summed E-state index contributed by atoms with van der Waals surface area (Å²) >= 11 is 0. The molecule has 2 bridgehead atoms. The molecule has 418 valence electrons. The van der Waals surface area contributed by atoms with Gasteiger partial charge in [-0.2, -0.15) is 0 Å². The Bertz CT molecular complexity index is 1820. The first kappa shape index (κ1) is 62.2. The lowest BCUT2D eigenvalue weighted by Crippen LogP contribution is -2.61. The fourth-order valence-corrected chi connectivity index (χ4v) is 7.23. The summed E-state index contributed by atoms with van der Waals surface area (Å²) in [6.07, 6.45) is -38.0. The van der Waals surface area contributed by atoms with Gasteiger partial charge in [0.05, 0.1) is 6.61 Å². The lowest BCUT2D eigenvalue weighted by atomic mass is 9.98. The first-order valence-corrected chi connectivity index (χ1v) is 22.4. The Kier molecular flexibility index (Phi) is 25.6. The highest BCUT2D eigenvalue weighted by Crippen LogP contribution is 2.31. The summed E-state index contributed by atoms with van der Waals surface area (Å²) in [7, 11) is 1.86. The van der Waals surface area contributed by atoms with Crippen LogP contribution in [0.4, 0.5) is 0 Å². The first-order chi connectivity index (χ1) is 34.0. The summed E-state index contributed by atoms with van der Waals surface area (Å²) < 4.78 is 36.9. The van der Waals surface area contributed by atoms with Gasteiger partial charge in [-0.25, -0.2) is 0 Å². The van der Waals surface area contributed by atoms with Crippen LogP contribution in [0.5, 0.6) is 0 Å². The molecule has 0 radical (unpaired) electrons. The van der Waals surface area contributed by atoms with Gasteiger partial charge >= 0.3 is 0 Å². The van der Waals surface area contributed by atoms with Crippen molar-refractivity contribution in [2.75, 3.05) is 72.8 Å². The Morgan fingerprint density at radius 1 is 0.375 bits per heavy atom. The summed E-state index contributed by atoms with van der Waals surface area (Å²) in [4.78, 5) is 3.85. The number of rotatable bonds is 12. The van der Waals surface area contributed by atoms with Crippen LogP contribution in [-0.2, 0) is 33.2 Å². The van der Waals surface area contributed by atoms with E-state index in [0.717, 1.165) is 0 Å². The van der Waals surface area contributed by atoms with Gasteiger partial charge in [0.25, 0.3) is 0 Å². The van der Waals surface area contributed by atoms with Gasteiger partial charge in [0.1, 0.15) is 54.9 Å². The van der Waals surface area contributed by atoms with Crippen molar-refractivity contribution in [3.63, 3.8) is 0 Å². The average molecular weight is 1050 g/mol. The third-order valence-corrected chi connectivity index (χ3v) is 11.5. The number of hydrogen-bond donors (Lipinski definition) is 22. The molecule has 4 aliphatic rings. The largest absolute Gasteiger partial charge is 0.506 e. The molecule has 0 aromatic carbocycles. The molecule has 0 aliphatic carbocycles. The number of piperazine rings is 1. The Morgan fingerprint density at radius 3 is 1.00 bits per heavy atom. The van der Waals surface area contributed by atoms with Crippen LogP contribution in [0.15, 0.2) is 57.6 Å². The highest BCUT2D eigenvalue weighted by molar-refractivity contribution is 5.14. The van der Waals surface area contributed by atoms with Gasteiger partial charge in [-0.1, -0.05) is 0 Å². The van der Waals surface area contributed by atoms with Crippen molar-refractivity contribution in [2.24, 2.45) is 0 Å². The fourth-order valence-electron chi connectivity index (χ4n) is 7.23. The monoisotopic (exact) mass is 1050 g/mol. The molecule has 0 saturated carbocycles. The van der Waals surface area contributed by atoms with E-state index in [2.05, 4.69) is 0 Å². The lowest BCUT2D eigenvalue weighted by molar-refractivity contribution is -0.329. The van der Waals surface area contributed by atoms with Gasteiger partial charge in [0.2, 0.25) is 31.5 Å². The van der Waals surface area contributed by atoms with E-state index in [9.17, 15) is 112 Å². The van der Waals surface area contributed by atoms with E-state index >= 15 is 0 Å². The Morgan fingerprint density at radius 2 is 0.681 bits per heavy atom. The van der Waals surface area contributed by atoms with Crippen LogP contribution in [0, 0.1) is 0 Å². The van der Waals surface area contributed by atoms with Crippen molar-refractivity contribution in [1.82, 2.24) is 9.80 Å². The number of aliphatic hydroxyl groups excluding tert-OH is 22. The Balaban J connectivity index is 2.21. The number of likely N-dealkylation sites (N-methyl/N-ethyl adjacent to an activating group) is 1. The molecule has 72 heavy (non-hydrogen) atoms. The van der Waals surface area contributed by atoms with Crippen molar-refractivity contribution in [2.45, 2.75) is 125 Å². The van der Waals surface area contributed by atoms with E-state index in [1.165, 1.54) is 0 Å². The molecule has 0 aromatic heterocycles. The van der Waals surface area contributed by atoms with E-state index < -0.39 is 209 Å². The molecule has 4 rings (SSSR count). The molecular weight excluding hydrogens is 984 g/mol. The predicted molar refractivity (Wildman–Crippen MR) is 234 cm³/mol. The molecule has 22 N–H and O–H groups in total. The minimum Gasteiger partial charge on any atom is -0.506 e. The second-order valence-electron chi connectivity index (χ2n) is 16.5. The van der Waals surface area contributed by atoms with Crippen molar-refractivity contribution in [3.8, 4) is 0 Å². The third-order valence-electron chi connectivity index (χ3n) is 11.5. The summed E-state index contributed by atoms with van der Waals surface area (Å²) in [6.45, 7) is -2.59. The quantitative estimate of drug-likeness (QED) is 0.0871. The van der Waals surface area contributed by atoms with Gasteiger partial charge in [-0.15, -0.1) is 0 Å². The molecule has 31 heteroatoms. The molecule has 15 atom stereocenters. The van der Waals surface area contributed by atoms with Crippen LogP contribution in [0.2, 0.25) is 0 Å². The number of fused-ring (bicyclic) bond motifs is 22. The number of ether oxygens (including phenoxy) is 7. The minimum atomic E-state index is -2.77. The molecule has 0 spiro atoms. The number of nitrogens with zero attached hydrogens (tertiary/aromatic N) is 2. The molecule has 31 nitrogen and oxygen atoms in total. The van der Waals surface area contributed by atoms with E-state index in [-0.39, 0.29) is 13.0 Å². The van der Waals surface area contributed by atoms with Gasteiger partial charge in [0, 0.05) is 84.8 Å². The van der Waals surface area contributed by atoms with Gasteiger partial charge < -0.3 is 155 Å². The normalized spacial score (nSPS) is 40.3. The lowest BCUT2D eigenvalue weighted by Gasteiger charge is -2.43. The molecule has 2 saturated heterocycles. The predicted octanol–water partition coefficient (Wildman–Crippen LogP) is -4.85. The summed E-state index contributed by atoms with van der Waals surface area (Å²) in [6, 6.07) is 0. The van der Waals surface area contributed by atoms with Gasteiger partial charge in [-0.05, 0) is 13.5 Å². The van der Waals surface area contributed by atoms with E-state index in [0.29, 0.717) is 26.2 Å². The number of aliphatic hydroxyl groups is 22. The maximum Gasteiger partial charge on any atom is 0.218 e. The SMILES string of the molecule is CN1CCN(CCC2OC(O)/C(O)=C(\O)C(CCO)OC(O)/C(O)=C(/O)C(CCO)OC(O)/C(O)=C(\O)C(CCO)OC3OC(CO)C(OC(O)/C(O)=C(\O)C(CCO)OC(O)/C(O)=C/2O)C(O)C3O)CC1. The zero-order valence-electron chi connectivity index (χ0n) is 38.9. The maximum absolute atomic E-state index is 11.3. The van der Waals surface area contributed by atoms with E-state index in [4.69, 9.17) is 33.2 Å². The summed E-state index contributed by atoms with van der Waals surface area (Å²) in [5, 5.41) is 234. The van der Waals surface area contributed by atoms with Gasteiger partial charge in [-0.3, -0.25) is 0 Å². The standard InChI is InChI=1S/C41H70N2O29/c1-42-8-10-43(11-9-42)7-2-17-23(49)29(55)37(62)69-20(5-14-46)26(52)33(59)40(65)72-35-22(16-48)71-41(34(60)28(35)54)70-21(6-15-47)27(53)32(58)39(64)68-19(4-13-45)25(51)31(57)38(63)67-18(3-12-44)24(50)30(56)36(61)66-17/h17-22,28,34-41,44-65H,2-16H2,1H3/b29-23+,30-24+,31-25-,32-27+,33-26+. The van der Waals surface area contributed by atoms with Crippen molar-refractivity contribution in [3.05, 3.63) is 57.6 Å². The highest BCUT2D eigenvalue weighted by atomic mass is 16.7. The molecule has 0 amide bonds. The van der Waals surface area contributed by atoms with E-state index in [1.54, 1.807) is 0 Å². The summed E-state index contributed by atoms with van der Waals surface area (Å²) in [5.74, 6) is -14.8. The van der Waals surface area contributed by atoms with Crippen LogP contribution in [0.1, 0.15) is 32.1 Å². The topological polar surface area (TPSA) is 516 Å². The van der Waals surface area contributed by atoms with Crippen molar-refractivity contribution in [1.29, 1.82) is 0 Å². The van der Waals surface area contributed by atoms with Crippen LogP contribution >= 0.6 is 0 Å². The first-order valence-electron chi connectivity index (χ1n) is 22.4. The molecule has 15 unspecified atom stereocenters. The molecule has 4 aliphatic heterocycles. The minimum absolute atomic E-state index is 0.0256. The molecule has 0 aromatic rings. The summed E-state index contributed by atoms with van der Waals surface area (Å²) in [5.41, 5.74) is 0. The van der Waals surface area contributed by atoms with Crippen LogP contribution in [0.3, 0.4) is 0 Å². The molecule has 4 heterocycles. The second kappa shape index (κ2) is 29.7. The maximum atomic E-state index is 11.3. The third kappa shape index (κ3) is 16.7. The molecule has 2 fully saturated rings. The zero-order chi connectivity index (χ0) is 54.1. The van der Waals surface area contributed by atoms with Crippen LogP contribution in [0.25, 0.3) is 0 Å². The second-order valence-corrected chi connectivity index (χ2v) is 16.5. The Hall–Kier alpha value is -4.14. The number of hydrogen-bond acceptors (Lipinski definition) is 31. The molecular formula is C41H70N2O29. The van der Waals surface area contributed by atoms with E-state index in [1.807, 2.05) is 16.8 Å². The average Bonchev–Trinajstić information content (AvgIpc) is 3.36. The van der Waals surface area contributed by atoms with Crippen LogP contribution in [-0.4, -0.2) is 288 Å². The van der Waals surface area contributed by atoms with Gasteiger partial charge in [0.15, 0.2) is 63.9 Å².